The first-order valence-electron chi connectivity index (χ1n) is 3.85. The van der Waals surface area contributed by atoms with Gasteiger partial charge in [-0.05, 0) is 28.1 Å². The number of anilines is 1. The molecule has 1 amide bonds. The molecular weight excluding hydrogens is 250 g/mol. The first kappa shape index (κ1) is 9.08. The van der Waals surface area contributed by atoms with Crippen molar-refractivity contribution in [1.82, 2.24) is 0 Å². The largest absolute Gasteiger partial charge is 0.465 e. The predicted molar refractivity (Wildman–Crippen MR) is 55.6 cm³/mol. The maximum absolute atomic E-state index is 10.4. The Kier molecular flexibility index (Phi) is 2.17. The van der Waals surface area contributed by atoms with Crippen molar-refractivity contribution in [3.05, 3.63) is 28.7 Å². The second kappa shape index (κ2) is 3.34. The van der Waals surface area contributed by atoms with Crippen LogP contribution in [0.3, 0.4) is 0 Å². The number of hydrogen-bond acceptors (Lipinski definition) is 2. The fourth-order valence-corrected chi connectivity index (χ4v) is 1.70. The molecule has 0 atom stereocenters. The number of nitrogens with one attached hydrogen (secondary N) is 1. The fraction of sp³-hybridized carbons (Fsp3) is 0. The topological polar surface area (TPSA) is 62.5 Å². The number of para-hydroxylation sites is 1. The summed E-state index contributed by atoms with van der Waals surface area (Å²) in [5.41, 5.74) is 0.642. The first-order chi connectivity index (χ1) is 6.68. The van der Waals surface area contributed by atoms with Gasteiger partial charge in [0.1, 0.15) is 5.58 Å². The Hall–Kier alpha value is -1.49. The monoisotopic (exact) mass is 255 g/mol. The van der Waals surface area contributed by atoms with Crippen molar-refractivity contribution >= 4 is 38.9 Å². The third kappa shape index (κ3) is 1.46. The van der Waals surface area contributed by atoms with E-state index in [2.05, 4.69) is 21.2 Å². The van der Waals surface area contributed by atoms with Crippen LogP contribution in [0.5, 0.6) is 0 Å². The zero-order chi connectivity index (χ0) is 10.1. The Bertz CT molecular complexity index is 492. The molecule has 14 heavy (non-hydrogen) atoms. The van der Waals surface area contributed by atoms with Crippen LogP contribution >= 0.6 is 15.9 Å². The molecule has 0 fully saturated rings. The fourth-order valence-electron chi connectivity index (χ4n) is 1.19. The molecule has 0 saturated carbocycles. The predicted octanol–water partition coefficient (Wildman–Crippen LogP) is 3.29. The van der Waals surface area contributed by atoms with Crippen LogP contribution in [0.25, 0.3) is 11.0 Å². The molecule has 0 aliphatic heterocycles. The van der Waals surface area contributed by atoms with Crippen LogP contribution in [0.2, 0.25) is 0 Å². The van der Waals surface area contributed by atoms with Gasteiger partial charge in [-0.15, -0.1) is 0 Å². The van der Waals surface area contributed by atoms with Gasteiger partial charge in [-0.2, -0.15) is 0 Å². The number of amides is 1. The number of carboxylic acid groups (broad SMARTS) is 1. The second-order valence-electron chi connectivity index (χ2n) is 2.67. The van der Waals surface area contributed by atoms with Crippen LogP contribution in [0.15, 0.2) is 33.2 Å². The average Bonchev–Trinajstić information content (AvgIpc) is 2.44. The van der Waals surface area contributed by atoms with Crippen molar-refractivity contribution in [2.45, 2.75) is 0 Å². The molecule has 4 nitrogen and oxygen atoms in total. The third-order valence-corrected chi connectivity index (χ3v) is 2.54. The molecule has 0 spiro atoms. The lowest BCUT2D eigenvalue weighted by atomic mass is 10.3. The lowest BCUT2D eigenvalue weighted by Gasteiger charge is -1.93. The molecule has 5 heteroatoms. The standard InChI is InChI=1S/C9H6BrNO3/c10-7-5-3-1-2-4-6(5)14-8(7)11-9(12)13/h1-4,11H,(H,12,13). The SMILES string of the molecule is O=C(O)Nc1oc2ccccc2c1Br. The lowest BCUT2D eigenvalue weighted by molar-refractivity contribution is 0.209. The number of benzene rings is 1. The van der Waals surface area contributed by atoms with Crippen molar-refractivity contribution in [2.75, 3.05) is 5.32 Å². The van der Waals surface area contributed by atoms with Crippen LogP contribution < -0.4 is 5.32 Å². The molecule has 0 aliphatic carbocycles. The Morgan fingerprint density at radius 2 is 2.14 bits per heavy atom. The third-order valence-electron chi connectivity index (χ3n) is 1.76. The van der Waals surface area contributed by atoms with E-state index in [1.807, 2.05) is 18.2 Å². The minimum atomic E-state index is -1.15. The molecule has 0 bridgehead atoms. The highest BCUT2D eigenvalue weighted by Crippen LogP contribution is 2.34. The average molecular weight is 256 g/mol. The Labute approximate surface area is 87.6 Å². The Morgan fingerprint density at radius 3 is 2.79 bits per heavy atom. The molecule has 1 aromatic heterocycles. The zero-order valence-electron chi connectivity index (χ0n) is 6.95. The normalized spacial score (nSPS) is 10.4. The van der Waals surface area contributed by atoms with Gasteiger partial charge >= 0.3 is 6.09 Å². The molecular formula is C9H6BrNO3. The molecule has 2 aromatic rings. The van der Waals surface area contributed by atoms with Gasteiger partial charge in [0.05, 0.1) is 4.47 Å². The molecule has 0 aliphatic rings. The van der Waals surface area contributed by atoms with Gasteiger partial charge in [0.25, 0.3) is 0 Å². The van der Waals surface area contributed by atoms with E-state index < -0.39 is 6.09 Å². The smallest absolute Gasteiger partial charge is 0.411 e. The summed E-state index contributed by atoms with van der Waals surface area (Å²) in [6.07, 6.45) is -1.15. The van der Waals surface area contributed by atoms with Crippen LogP contribution in [0.1, 0.15) is 0 Å². The Balaban J connectivity index is 2.57. The van der Waals surface area contributed by atoms with E-state index in [9.17, 15) is 4.79 Å². The van der Waals surface area contributed by atoms with Gasteiger partial charge in [-0.1, -0.05) is 12.1 Å². The molecule has 0 unspecified atom stereocenters. The summed E-state index contributed by atoms with van der Waals surface area (Å²) in [7, 11) is 0. The molecule has 72 valence electrons. The van der Waals surface area contributed by atoms with Crippen LogP contribution in [-0.4, -0.2) is 11.2 Å². The number of furan rings is 1. The van der Waals surface area contributed by atoms with Crippen molar-refractivity contribution in [3.8, 4) is 0 Å². The van der Waals surface area contributed by atoms with Gasteiger partial charge in [0.2, 0.25) is 5.88 Å². The summed E-state index contributed by atoms with van der Waals surface area (Å²) in [5, 5.41) is 11.5. The number of fused-ring (bicyclic) bond motifs is 1. The molecule has 2 N–H and O–H groups in total. The summed E-state index contributed by atoms with van der Waals surface area (Å²) in [6.45, 7) is 0. The highest BCUT2D eigenvalue weighted by molar-refractivity contribution is 9.10. The molecule has 0 radical (unpaired) electrons. The van der Waals surface area contributed by atoms with Crippen molar-refractivity contribution in [3.63, 3.8) is 0 Å². The first-order valence-corrected chi connectivity index (χ1v) is 4.65. The zero-order valence-corrected chi connectivity index (χ0v) is 8.54. The van der Waals surface area contributed by atoms with Gasteiger partial charge in [0, 0.05) is 5.39 Å². The molecule has 1 aromatic carbocycles. The summed E-state index contributed by atoms with van der Waals surface area (Å²) in [6, 6.07) is 7.29. The second-order valence-corrected chi connectivity index (χ2v) is 3.46. The lowest BCUT2D eigenvalue weighted by Crippen LogP contribution is -2.06. The number of carbonyl (C=O) groups is 1. The van der Waals surface area contributed by atoms with E-state index >= 15 is 0 Å². The number of rotatable bonds is 1. The summed E-state index contributed by atoms with van der Waals surface area (Å²) >= 11 is 3.26. The van der Waals surface area contributed by atoms with Crippen LogP contribution in [-0.2, 0) is 0 Å². The van der Waals surface area contributed by atoms with E-state index in [0.29, 0.717) is 10.1 Å². The van der Waals surface area contributed by atoms with E-state index in [1.165, 1.54) is 0 Å². The van der Waals surface area contributed by atoms with Crippen molar-refractivity contribution in [2.24, 2.45) is 0 Å². The minimum Gasteiger partial charge on any atom is -0.465 e. The highest BCUT2D eigenvalue weighted by Gasteiger charge is 2.12. The number of hydrogen-bond donors (Lipinski definition) is 2. The molecule has 0 saturated heterocycles. The molecule has 2 rings (SSSR count). The van der Waals surface area contributed by atoms with E-state index in [4.69, 9.17) is 9.52 Å². The summed E-state index contributed by atoms with van der Waals surface area (Å²) in [5.74, 6) is 0.207. The van der Waals surface area contributed by atoms with E-state index in [-0.39, 0.29) is 5.88 Å². The molecule has 1 heterocycles. The summed E-state index contributed by atoms with van der Waals surface area (Å²) < 4.78 is 5.89. The highest BCUT2D eigenvalue weighted by atomic mass is 79.9. The maximum atomic E-state index is 10.4. The van der Waals surface area contributed by atoms with Gasteiger partial charge in [-0.25, -0.2) is 4.79 Å². The quantitative estimate of drug-likeness (QED) is 0.822. The maximum Gasteiger partial charge on any atom is 0.411 e. The Morgan fingerprint density at radius 1 is 1.43 bits per heavy atom. The van der Waals surface area contributed by atoms with Gasteiger partial charge in [0.15, 0.2) is 0 Å². The summed E-state index contributed by atoms with van der Waals surface area (Å²) in [4.78, 5) is 10.4. The minimum absolute atomic E-state index is 0.207. The van der Waals surface area contributed by atoms with E-state index in [0.717, 1.165) is 5.39 Å². The number of halogens is 1. The van der Waals surface area contributed by atoms with Crippen LogP contribution in [0, 0.1) is 0 Å². The van der Waals surface area contributed by atoms with E-state index in [1.54, 1.807) is 6.07 Å². The van der Waals surface area contributed by atoms with Crippen molar-refractivity contribution < 1.29 is 14.3 Å². The van der Waals surface area contributed by atoms with Crippen molar-refractivity contribution in [1.29, 1.82) is 0 Å². The van der Waals surface area contributed by atoms with Gasteiger partial charge in [-0.3, -0.25) is 5.32 Å². The van der Waals surface area contributed by atoms with Crippen LogP contribution in [0.4, 0.5) is 10.7 Å². The van der Waals surface area contributed by atoms with Gasteiger partial charge < -0.3 is 9.52 Å².